The fraction of sp³-hybridized carbons (Fsp3) is 0.400. The van der Waals surface area contributed by atoms with Gasteiger partial charge < -0.3 is 4.74 Å². The molecular weight excluding hydrogens is 275 g/mol. The standard InChI is InChI=1S/C15H17FN2O3/c1-2-21-14(19)5-3-4-8-18-10-17-13-9-11(16)6-7-12(13)15(18)20/h6-7,9-10H,2-5,8H2,1H3. The van der Waals surface area contributed by atoms with E-state index in [1.807, 2.05) is 0 Å². The average molecular weight is 292 g/mol. The monoisotopic (exact) mass is 292 g/mol. The van der Waals surface area contributed by atoms with E-state index in [1.165, 1.54) is 29.1 Å². The highest BCUT2D eigenvalue weighted by atomic mass is 19.1. The lowest BCUT2D eigenvalue weighted by Gasteiger charge is -2.06. The van der Waals surface area contributed by atoms with Crippen molar-refractivity contribution in [3.05, 3.63) is 40.7 Å². The molecule has 1 aromatic carbocycles. The number of rotatable bonds is 6. The van der Waals surface area contributed by atoms with Gasteiger partial charge in [-0.2, -0.15) is 0 Å². The Morgan fingerprint density at radius 2 is 2.19 bits per heavy atom. The lowest BCUT2D eigenvalue weighted by molar-refractivity contribution is -0.143. The highest BCUT2D eigenvalue weighted by Crippen LogP contribution is 2.09. The van der Waals surface area contributed by atoms with Gasteiger partial charge in [-0.1, -0.05) is 0 Å². The number of carbonyl (C=O) groups is 1. The first-order valence-corrected chi connectivity index (χ1v) is 6.92. The van der Waals surface area contributed by atoms with Gasteiger partial charge in [0.1, 0.15) is 5.82 Å². The summed E-state index contributed by atoms with van der Waals surface area (Å²) in [6, 6.07) is 3.92. The van der Waals surface area contributed by atoms with Gasteiger partial charge in [0.15, 0.2) is 0 Å². The van der Waals surface area contributed by atoms with Gasteiger partial charge in [-0.05, 0) is 31.9 Å². The molecule has 0 aliphatic heterocycles. The summed E-state index contributed by atoms with van der Waals surface area (Å²) >= 11 is 0. The quantitative estimate of drug-likeness (QED) is 0.605. The first-order chi connectivity index (χ1) is 10.1. The van der Waals surface area contributed by atoms with Crippen molar-refractivity contribution in [3.8, 4) is 0 Å². The molecule has 0 spiro atoms. The molecule has 1 aromatic heterocycles. The normalized spacial score (nSPS) is 10.8. The van der Waals surface area contributed by atoms with Crippen LogP contribution < -0.4 is 5.56 Å². The van der Waals surface area contributed by atoms with Crippen LogP contribution in [-0.2, 0) is 16.1 Å². The Bertz CT molecular complexity index is 697. The van der Waals surface area contributed by atoms with Crippen molar-refractivity contribution in [2.24, 2.45) is 0 Å². The van der Waals surface area contributed by atoms with Crippen molar-refractivity contribution in [2.75, 3.05) is 6.61 Å². The molecule has 6 heteroatoms. The number of hydrogen-bond acceptors (Lipinski definition) is 4. The van der Waals surface area contributed by atoms with Crippen LogP contribution in [0.25, 0.3) is 10.9 Å². The van der Waals surface area contributed by atoms with Gasteiger partial charge in [0, 0.05) is 19.0 Å². The SMILES string of the molecule is CCOC(=O)CCCCn1cnc2cc(F)ccc2c1=O. The summed E-state index contributed by atoms with van der Waals surface area (Å²) in [6.07, 6.45) is 3.07. The molecule has 0 atom stereocenters. The summed E-state index contributed by atoms with van der Waals surface area (Å²) in [6.45, 7) is 2.61. The van der Waals surface area contributed by atoms with Crippen molar-refractivity contribution < 1.29 is 13.9 Å². The van der Waals surface area contributed by atoms with Crippen LogP contribution >= 0.6 is 0 Å². The molecule has 0 radical (unpaired) electrons. The van der Waals surface area contributed by atoms with E-state index in [1.54, 1.807) is 6.92 Å². The van der Waals surface area contributed by atoms with E-state index in [0.717, 1.165) is 0 Å². The van der Waals surface area contributed by atoms with Crippen molar-refractivity contribution in [1.29, 1.82) is 0 Å². The molecule has 0 unspecified atom stereocenters. The average Bonchev–Trinajstić information content (AvgIpc) is 2.46. The van der Waals surface area contributed by atoms with Crippen LogP contribution in [0.4, 0.5) is 4.39 Å². The molecule has 0 aliphatic carbocycles. The molecule has 2 rings (SSSR count). The second-order valence-corrected chi connectivity index (χ2v) is 4.67. The van der Waals surface area contributed by atoms with E-state index in [2.05, 4.69) is 4.98 Å². The molecule has 0 aliphatic rings. The number of esters is 1. The van der Waals surface area contributed by atoms with E-state index in [4.69, 9.17) is 4.74 Å². The summed E-state index contributed by atoms with van der Waals surface area (Å²) < 4.78 is 19.4. The first kappa shape index (κ1) is 15.2. The number of hydrogen-bond donors (Lipinski definition) is 0. The van der Waals surface area contributed by atoms with Crippen molar-refractivity contribution >= 4 is 16.9 Å². The van der Waals surface area contributed by atoms with Crippen LogP contribution in [0.1, 0.15) is 26.2 Å². The van der Waals surface area contributed by atoms with E-state index in [0.29, 0.717) is 43.3 Å². The minimum atomic E-state index is -0.415. The minimum Gasteiger partial charge on any atom is -0.466 e. The molecule has 0 bridgehead atoms. The topological polar surface area (TPSA) is 61.2 Å². The highest BCUT2D eigenvalue weighted by molar-refractivity contribution is 5.77. The summed E-state index contributed by atoms with van der Waals surface area (Å²) in [5, 5.41) is 0.393. The van der Waals surface area contributed by atoms with Gasteiger partial charge in [-0.3, -0.25) is 14.2 Å². The van der Waals surface area contributed by atoms with Crippen LogP contribution in [0.3, 0.4) is 0 Å². The van der Waals surface area contributed by atoms with Gasteiger partial charge in [-0.15, -0.1) is 0 Å². The summed E-state index contributed by atoms with van der Waals surface area (Å²) in [5.41, 5.74) is 0.152. The Labute approximate surface area is 121 Å². The van der Waals surface area contributed by atoms with E-state index < -0.39 is 5.82 Å². The minimum absolute atomic E-state index is 0.198. The van der Waals surface area contributed by atoms with E-state index in [9.17, 15) is 14.0 Å². The number of aromatic nitrogens is 2. The van der Waals surface area contributed by atoms with Crippen molar-refractivity contribution in [2.45, 2.75) is 32.7 Å². The zero-order valence-corrected chi connectivity index (χ0v) is 11.8. The largest absolute Gasteiger partial charge is 0.466 e. The molecule has 0 saturated heterocycles. The molecule has 21 heavy (non-hydrogen) atoms. The Hall–Kier alpha value is -2.24. The van der Waals surface area contributed by atoms with Gasteiger partial charge in [0.25, 0.3) is 5.56 Å². The molecule has 112 valence electrons. The van der Waals surface area contributed by atoms with Crippen molar-refractivity contribution in [1.82, 2.24) is 9.55 Å². The second-order valence-electron chi connectivity index (χ2n) is 4.67. The third-order valence-electron chi connectivity index (χ3n) is 3.12. The third kappa shape index (κ3) is 3.87. The Morgan fingerprint density at radius 1 is 1.38 bits per heavy atom. The molecule has 0 N–H and O–H groups in total. The number of carbonyl (C=O) groups excluding carboxylic acids is 1. The number of unbranched alkanes of at least 4 members (excludes halogenated alkanes) is 1. The van der Waals surface area contributed by atoms with E-state index in [-0.39, 0.29) is 11.5 Å². The maximum absolute atomic E-state index is 13.1. The van der Waals surface area contributed by atoms with Crippen LogP contribution in [0.5, 0.6) is 0 Å². The zero-order chi connectivity index (χ0) is 15.2. The lowest BCUT2D eigenvalue weighted by atomic mass is 10.2. The Morgan fingerprint density at radius 3 is 2.95 bits per heavy atom. The Kier molecular flexibility index (Phi) is 5.03. The van der Waals surface area contributed by atoms with Gasteiger partial charge in [0.05, 0.1) is 23.8 Å². The third-order valence-corrected chi connectivity index (χ3v) is 3.12. The molecule has 0 fully saturated rings. The second kappa shape index (κ2) is 6.97. The number of aryl methyl sites for hydroxylation is 1. The maximum atomic E-state index is 13.1. The summed E-state index contributed by atoms with van der Waals surface area (Å²) in [7, 11) is 0. The van der Waals surface area contributed by atoms with E-state index >= 15 is 0 Å². The number of benzene rings is 1. The van der Waals surface area contributed by atoms with Gasteiger partial charge >= 0.3 is 5.97 Å². The zero-order valence-electron chi connectivity index (χ0n) is 11.8. The van der Waals surface area contributed by atoms with Crippen LogP contribution in [0.2, 0.25) is 0 Å². The van der Waals surface area contributed by atoms with Gasteiger partial charge in [-0.25, -0.2) is 9.37 Å². The number of halogens is 1. The van der Waals surface area contributed by atoms with Crippen LogP contribution in [-0.4, -0.2) is 22.1 Å². The summed E-state index contributed by atoms with van der Waals surface area (Å²) in [5.74, 6) is -0.640. The van der Waals surface area contributed by atoms with Crippen LogP contribution in [0, 0.1) is 5.82 Å². The fourth-order valence-electron chi connectivity index (χ4n) is 2.08. The molecule has 0 amide bonds. The lowest BCUT2D eigenvalue weighted by Crippen LogP contribution is -2.20. The maximum Gasteiger partial charge on any atom is 0.305 e. The predicted octanol–water partition coefficient (Wildman–Crippen LogP) is 2.27. The Balaban J connectivity index is 2.00. The fourth-order valence-corrected chi connectivity index (χ4v) is 2.08. The molecule has 5 nitrogen and oxygen atoms in total. The molecular formula is C15H17FN2O3. The molecule has 0 saturated carbocycles. The number of fused-ring (bicyclic) bond motifs is 1. The van der Waals surface area contributed by atoms with Crippen molar-refractivity contribution in [3.63, 3.8) is 0 Å². The molecule has 1 heterocycles. The molecule has 2 aromatic rings. The smallest absolute Gasteiger partial charge is 0.305 e. The van der Waals surface area contributed by atoms with Crippen LogP contribution in [0.15, 0.2) is 29.3 Å². The highest BCUT2D eigenvalue weighted by Gasteiger charge is 2.06. The first-order valence-electron chi connectivity index (χ1n) is 6.92. The summed E-state index contributed by atoms with van der Waals surface area (Å²) in [4.78, 5) is 27.4. The number of nitrogens with zero attached hydrogens (tertiary/aromatic N) is 2. The van der Waals surface area contributed by atoms with Gasteiger partial charge in [0.2, 0.25) is 0 Å². The number of ether oxygens (including phenoxy) is 1. The predicted molar refractivity (Wildman–Crippen MR) is 76.4 cm³/mol.